The number of ether oxygens (including phenoxy) is 1. The number of carboxylic acids is 1. The second kappa shape index (κ2) is 8.63. The van der Waals surface area contributed by atoms with E-state index in [1.54, 1.807) is 42.1 Å². The van der Waals surface area contributed by atoms with Gasteiger partial charge in [-0.3, -0.25) is 19.7 Å². The molecule has 0 unspecified atom stereocenters. The van der Waals surface area contributed by atoms with Crippen molar-refractivity contribution in [1.82, 2.24) is 4.68 Å². The van der Waals surface area contributed by atoms with Gasteiger partial charge in [-0.1, -0.05) is 23.7 Å². The summed E-state index contributed by atoms with van der Waals surface area (Å²) in [6, 6.07) is 17.8. The van der Waals surface area contributed by atoms with Crippen LogP contribution in [-0.4, -0.2) is 28.8 Å². The van der Waals surface area contributed by atoms with Gasteiger partial charge in [0.25, 0.3) is 5.91 Å². The Labute approximate surface area is 167 Å². The summed E-state index contributed by atoms with van der Waals surface area (Å²) in [5.41, 5.74) is 5.42. The maximum atomic E-state index is 12.8. The molecule has 3 aromatic rings. The van der Waals surface area contributed by atoms with Crippen molar-refractivity contribution >= 4 is 23.5 Å². The first-order chi connectivity index (χ1) is 13.5. The van der Waals surface area contributed by atoms with Crippen molar-refractivity contribution in [1.29, 1.82) is 0 Å². The summed E-state index contributed by atoms with van der Waals surface area (Å²) in [4.78, 5) is 23.7. The van der Waals surface area contributed by atoms with E-state index in [1.807, 2.05) is 30.3 Å². The van der Waals surface area contributed by atoms with Crippen molar-refractivity contribution in [3.8, 4) is 17.0 Å². The average Bonchev–Trinajstić information content (AvgIpc) is 3.09. The Bertz CT molecular complexity index is 996. The molecule has 6 nitrogen and oxygen atoms in total. The van der Waals surface area contributed by atoms with Gasteiger partial charge in [-0.25, -0.2) is 0 Å². The molecule has 0 fully saturated rings. The highest BCUT2D eigenvalue weighted by molar-refractivity contribution is 6.34. The summed E-state index contributed by atoms with van der Waals surface area (Å²) in [6.45, 7) is 0. The highest BCUT2D eigenvalue weighted by Gasteiger charge is 2.16. The van der Waals surface area contributed by atoms with Crippen LogP contribution in [0.15, 0.2) is 60.7 Å². The van der Waals surface area contributed by atoms with Crippen LogP contribution < -0.4 is 10.2 Å². The van der Waals surface area contributed by atoms with E-state index >= 15 is 0 Å². The molecule has 28 heavy (non-hydrogen) atoms. The summed E-state index contributed by atoms with van der Waals surface area (Å²) in [7, 11) is 1.59. The van der Waals surface area contributed by atoms with Crippen LogP contribution in [0.25, 0.3) is 11.3 Å². The number of aromatic nitrogens is 1. The first kappa shape index (κ1) is 19.5. The molecule has 144 valence electrons. The number of carbonyl (C=O) groups excluding carboxylic acids is 1. The van der Waals surface area contributed by atoms with Crippen LogP contribution >= 0.6 is 11.6 Å². The molecule has 1 aromatic heterocycles. The molecule has 1 heterocycles. The van der Waals surface area contributed by atoms with Gasteiger partial charge in [0.05, 0.1) is 29.8 Å². The summed E-state index contributed by atoms with van der Waals surface area (Å²) in [5.74, 6) is -0.572. The monoisotopic (exact) mass is 398 g/mol. The van der Waals surface area contributed by atoms with Crippen LogP contribution in [0.1, 0.15) is 22.5 Å². The van der Waals surface area contributed by atoms with Crippen molar-refractivity contribution in [2.45, 2.75) is 12.8 Å². The van der Waals surface area contributed by atoms with Gasteiger partial charge in [-0.15, -0.1) is 0 Å². The number of amides is 1. The molecular formula is C21H19ClN2O4. The van der Waals surface area contributed by atoms with Gasteiger partial charge in [-0.2, -0.15) is 0 Å². The lowest BCUT2D eigenvalue weighted by atomic mass is 10.1. The number of methoxy groups -OCH3 is 1. The number of aliphatic carboxylic acids is 1. The van der Waals surface area contributed by atoms with E-state index in [4.69, 9.17) is 21.4 Å². The molecule has 1 amide bonds. The molecule has 0 bridgehead atoms. The predicted molar refractivity (Wildman–Crippen MR) is 108 cm³/mol. The summed E-state index contributed by atoms with van der Waals surface area (Å²) < 4.78 is 6.79. The van der Waals surface area contributed by atoms with Crippen LogP contribution in [-0.2, 0) is 11.2 Å². The van der Waals surface area contributed by atoms with Gasteiger partial charge in [0.2, 0.25) is 0 Å². The second-order valence-electron chi connectivity index (χ2n) is 6.09. The zero-order valence-electron chi connectivity index (χ0n) is 15.2. The van der Waals surface area contributed by atoms with Crippen molar-refractivity contribution in [3.63, 3.8) is 0 Å². The molecule has 0 atom stereocenters. The average molecular weight is 399 g/mol. The lowest BCUT2D eigenvalue weighted by Gasteiger charge is -2.15. The van der Waals surface area contributed by atoms with Crippen molar-refractivity contribution in [3.05, 3.63) is 76.9 Å². The van der Waals surface area contributed by atoms with E-state index in [0.29, 0.717) is 22.0 Å². The Kier molecular flexibility index (Phi) is 6.01. The highest BCUT2D eigenvalue weighted by Crippen LogP contribution is 2.25. The molecular weight excluding hydrogens is 380 g/mol. The van der Waals surface area contributed by atoms with E-state index in [-0.39, 0.29) is 18.7 Å². The minimum absolute atomic E-state index is 0.0476. The Morgan fingerprint density at radius 2 is 1.79 bits per heavy atom. The topological polar surface area (TPSA) is 80.6 Å². The number of aryl methyl sites for hydroxylation is 1. The lowest BCUT2D eigenvalue weighted by molar-refractivity contribution is -0.136. The second-order valence-corrected chi connectivity index (χ2v) is 6.50. The standard InChI is InChI=1S/C21H19ClN2O4/c1-28-16-10-6-14(7-11-16)19-12-8-15(9-13-20(25)26)24(19)23-21(27)17-4-2-3-5-18(17)22/h2-8,10-12H,9,13H2,1H3,(H,23,27)(H,25,26). The Morgan fingerprint density at radius 1 is 1.07 bits per heavy atom. The SMILES string of the molecule is COc1ccc(-c2ccc(CCC(=O)O)n2NC(=O)c2ccccc2Cl)cc1. The number of benzene rings is 2. The third-order valence-electron chi connectivity index (χ3n) is 4.27. The Morgan fingerprint density at radius 3 is 2.43 bits per heavy atom. The molecule has 3 rings (SSSR count). The number of hydrogen-bond donors (Lipinski definition) is 2. The minimum atomic E-state index is -0.906. The maximum absolute atomic E-state index is 12.8. The van der Waals surface area contributed by atoms with Crippen molar-refractivity contribution < 1.29 is 19.4 Å². The van der Waals surface area contributed by atoms with Gasteiger partial charge in [0.1, 0.15) is 5.75 Å². The molecule has 0 aliphatic carbocycles. The minimum Gasteiger partial charge on any atom is -0.497 e. The molecule has 0 aliphatic heterocycles. The van der Waals surface area contributed by atoms with Crippen LogP contribution in [0.4, 0.5) is 0 Å². The Hall–Kier alpha value is -3.25. The lowest BCUT2D eigenvalue weighted by Crippen LogP contribution is -2.25. The fourth-order valence-corrected chi connectivity index (χ4v) is 3.06. The molecule has 7 heteroatoms. The predicted octanol–water partition coefficient (Wildman–Crippen LogP) is 4.22. The number of halogens is 1. The fraction of sp³-hybridized carbons (Fsp3) is 0.143. The molecule has 0 saturated carbocycles. The zero-order valence-corrected chi connectivity index (χ0v) is 15.9. The fourth-order valence-electron chi connectivity index (χ4n) is 2.84. The maximum Gasteiger partial charge on any atom is 0.303 e. The van der Waals surface area contributed by atoms with Gasteiger partial charge in [-0.05, 0) is 48.5 Å². The van der Waals surface area contributed by atoms with E-state index < -0.39 is 5.97 Å². The van der Waals surface area contributed by atoms with Gasteiger partial charge in [0, 0.05) is 17.7 Å². The molecule has 0 aliphatic rings. The number of nitrogens with one attached hydrogen (secondary N) is 1. The normalized spacial score (nSPS) is 10.5. The van der Waals surface area contributed by atoms with Gasteiger partial charge < -0.3 is 9.84 Å². The number of nitrogens with zero attached hydrogens (tertiary/aromatic N) is 1. The van der Waals surface area contributed by atoms with Crippen molar-refractivity contribution in [2.75, 3.05) is 12.5 Å². The number of hydrogen-bond acceptors (Lipinski definition) is 3. The largest absolute Gasteiger partial charge is 0.497 e. The molecule has 0 saturated heterocycles. The van der Waals surface area contributed by atoms with E-state index in [1.165, 1.54) is 0 Å². The van der Waals surface area contributed by atoms with Crippen LogP contribution in [0.2, 0.25) is 5.02 Å². The zero-order chi connectivity index (χ0) is 20.1. The van der Waals surface area contributed by atoms with Crippen LogP contribution in [0, 0.1) is 0 Å². The van der Waals surface area contributed by atoms with Gasteiger partial charge in [0.15, 0.2) is 0 Å². The van der Waals surface area contributed by atoms with E-state index in [2.05, 4.69) is 5.43 Å². The molecule has 0 radical (unpaired) electrons. The van der Waals surface area contributed by atoms with Crippen LogP contribution in [0.3, 0.4) is 0 Å². The van der Waals surface area contributed by atoms with E-state index in [0.717, 1.165) is 11.3 Å². The van der Waals surface area contributed by atoms with Crippen LogP contribution in [0.5, 0.6) is 5.75 Å². The summed E-state index contributed by atoms with van der Waals surface area (Å²) in [5, 5.41) is 9.35. The molecule has 2 aromatic carbocycles. The molecule has 2 N–H and O–H groups in total. The third-order valence-corrected chi connectivity index (χ3v) is 4.60. The molecule has 0 spiro atoms. The third kappa shape index (κ3) is 4.35. The number of rotatable bonds is 7. The van der Waals surface area contributed by atoms with Gasteiger partial charge >= 0.3 is 5.97 Å². The summed E-state index contributed by atoms with van der Waals surface area (Å²) >= 11 is 6.13. The Balaban J connectivity index is 1.97. The number of carbonyl (C=O) groups is 2. The van der Waals surface area contributed by atoms with Crippen molar-refractivity contribution in [2.24, 2.45) is 0 Å². The first-order valence-corrected chi connectivity index (χ1v) is 9.00. The smallest absolute Gasteiger partial charge is 0.303 e. The highest BCUT2D eigenvalue weighted by atomic mass is 35.5. The quantitative estimate of drug-likeness (QED) is 0.624. The number of carboxylic acid groups (broad SMARTS) is 1. The summed E-state index contributed by atoms with van der Waals surface area (Å²) in [6.07, 6.45) is 0.225. The van der Waals surface area contributed by atoms with E-state index in [9.17, 15) is 9.59 Å². The first-order valence-electron chi connectivity index (χ1n) is 8.62.